The maximum Gasteiger partial charge on any atom is 0.319 e. The number of esters is 1. The number of hydrogen-bond donors (Lipinski definition) is 2. The first kappa shape index (κ1) is 20.5. The van der Waals surface area contributed by atoms with Crippen molar-refractivity contribution in [3.63, 3.8) is 0 Å². The summed E-state index contributed by atoms with van der Waals surface area (Å²) in [5.74, 6) is -0.307. The molecule has 0 aliphatic rings. The van der Waals surface area contributed by atoms with Crippen molar-refractivity contribution in [1.82, 2.24) is 5.32 Å². The van der Waals surface area contributed by atoms with Gasteiger partial charge in [-0.3, -0.25) is 4.79 Å². The molecule has 0 saturated heterocycles. The monoisotopic (exact) mass is 398 g/mol. The van der Waals surface area contributed by atoms with Crippen LogP contribution in [0, 0.1) is 11.8 Å². The third-order valence-electron chi connectivity index (χ3n) is 3.11. The predicted molar refractivity (Wildman–Crippen MR) is 100.0 cm³/mol. The van der Waals surface area contributed by atoms with Gasteiger partial charge in [0.05, 0.1) is 5.92 Å². The van der Waals surface area contributed by atoms with Crippen LogP contribution in [0.1, 0.15) is 41.0 Å². The Bertz CT molecular complexity index is 550. The van der Waals surface area contributed by atoms with Crippen LogP contribution in [0.3, 0.4) is 0 Å². The molecule has 0 aromatic heterocycles. The maximum atomic E-state index is 12.3. The summed E-state index contributed by atoms with van der Waals surface area (Å²) < 4.78 is 6.39. The summed E-state index contributed by atoms with van der Waals surface area (Å²) in [4.78, 5) is 24.3. The van der Waals surface area contributed by atoms with Gasteiger partial charge in [-0.15, -0.1) is 0 Å². The smallest absolute Gasteiger partial charge is 0.319 e. The van der Waals surface area contributed by atoms with Gasteiger partial charge >= 0.3 is 12.0 Å². The quantitative estimate of drug-likeness (QED) is 0.689. The van der Waals surface area contributed by atoms with Crippen molar-refractivity contribution in [2.75, 3.05) is 11.9 Å². The molecular formula is C18H27BrN2O3. The number of anilines is 1. The third kappa shape index (κ3) is 8.34. The molecule has 0 saturated carbocycles. The Balaban J connectivity index is 2.58. The van der Waals surface area contributed by atoms with Crippen molar-refractivity contribution < 1.29 is 14.3 Å². The normalized spacial score (nSPS) is 12.6. The van der Waals surface area contributed by atoms with Gasteiger partial charge in [-0.2, -0.15) is 0 Å². The molecule has 134 valence electrons. The molecule has 2 N–H and O–H groups in total. The molecule has 0 heterocycles. The number of benzene rings is 1. The molecule has 0 unspecified atom stereocenters. The fraction of sp³-hybridized carbons (Fsp3) is 0.556. The minimum Gasteiger partial charge on any atom is -0.460 e. The second-order valence-corrected chi connectivity index (χ2v) is 8.12. The van der Waals surface area contributed by atoms with E-state index in [9.17, 15) is 9.59 Å². The first-order valence-corrected chi connectivity index (χ1v) is 8.89. The Morgan fingerprint density at radius 2 is 1.75 bits per heavy atom. The van der Waals surface area contributed by atoms with Crippen molar-refractivity contribution in [2.45, 2.75) is 46.6 Å². The number of carbonyl (C=O) groups excluding carboxylic acids is 2. The van der Waals surface area contributed by atoms with E-state index in [2.05, 4.69) is 26.6 Å². The lowest BCUT2D eigenvalue weighted by molar-refractivity contribution is -0.160. The molecule has 1 aromatic rings. The highest BCUT2D eigenvalue weighted by Gasteiger charge is 2.26. The zero-order valence-electron chi connectivity index (χ0n) is 15.0. The van der Waals surface area contributed by atoms with Gasteiger partial charge in [0.1, 0.15) is 5.60 Å². The van der Waals surface area contributed by atoms with Crippen molar-refractivity contribution in [2.24, 2.45) is 11.8 Å². The van der Waals surface area contributed by atoms with Crippen LogP contribution in [0.2, 0.25) is 0 Å². The molecule has 0 spiro atoms. The molecule has 0 radical (unpaired) electrons. The number of hydrogen-bond acceptors (Lipinski definition) is 3. The average Bonchev–Trinajstić information content (AvgIpc) is 2.43. The van der Waals surface area contributed by atoms with E-state index in [1.54, 1.807) is 12.1 Å². The summed E-state index contributed by atoms with van der Waals surface area (Å²) >= 11 is 3.34. The summed E-state index contributed by atoms with van der Waals surface area (Å²) in [7, 11) is 0. The van der Waals surface area contributed by atoms with E-state index in [1.807, 2.05) is 46.8 Å². The summed E-state index contributed by atoms with van der Waals surface area (Å²) in [5.41, 5.74) is 0.153. The van der Waals surface area contributed by atoms with E-state index in [0.717, 1.165) is 4.47 Å². The van der Waals surface area contributed by atoms with Crippen LogP contribution >= 0.6 is 15.9 Å². The predicted octanol–water partition coefficient (Wildman–Crippen LogP) is 4.57. The fourth-order valence-corrected chi connectivity index (χ4v) is 2.41. The van der Waals surface area contributed by atoms with E-state index in [4.69, 9.17) is 4.74 Å². The standard InChI is InChI=1S/C18H27BrN2O3/c1-12(2)10-13(16(22)24-18(3,4)5)11-20-17(23)21-15-8-6-14(19)7-9-15/h6-9,12-13H,10-11H2,1-5H3,(H2,20,21,23)/t13-/m1/s1. The number of ether oxygens (including phenoxy) is 1. The Morgan fingerprint density at radius 1 is 1.17 bits per heavy atom. The van der Waals surface area contributed by atoms with Gasteiger partial charge in [-0.25, -0.2) is 4.79 Å². The highest BCUT2D eigenvalue weighted by molar-refractivity contribution is 9.10. The minimum atomic E-state index is -0.536. The summed E-state index contributed by atoms with van der Waals surface area (Å²) in [6, 6.07) is 6.94. The molecule has 6 heteroatoms. The summed E-state index contributed by atoms with van der Waals surface area (Å²) in [5, 5.41) is 5.50. The fourth-order valence-electron chi connectivity index (χ4n) is 2.14. The largest absolute Gasteiger partial charge is 0.460 e. The van der Waals surface area contributed by atoms with Crippen LogP contribution in [0.5, 0.6) is 0 Å². The lowest BCUT2D eigenvalue weighted by atomic mass is 9.97. The minimum absolute atomic E-state index is 0.245. The van der Waals surface area contributed by atoms with Crippen LogP contribution in [0.4, 0.5) is 10.5 Å². The van der Waals surface area contributed by atoms with Gasteiger partial charge in [0.2, 0.25) is 0 Å². The van der Waals surface area contributed by atoms with Gasteiger partial charge < -0.3 is 15.4 Å². The zero-order valence-corrected chi connectivity index (χ0v) is 16.6. The van der Waals surface area contributed by atoms with Gasteiger partial charge in [0.15, 0.2) is 0 Å². The summed E-state index contributed by atoms with van der Waals surface area (Å²) in [6.07, 6.45) is 0.660. The molecule has 0 aliphatic heterocycles. The van der Waals surface area contributed by atoms with Gasteiger partial charge in [0.25, 0.3) is 0 Å². The number of carbonyl (C=O) groups is 2. The van der Waals surface area contributed by atoms with E-state index in [1.165, 1.54) is 0 Å². The average molecular weight is 399 g/mol. The molecule has 0 bridgehead atoms. The second-order valence-electron chi connectivity index (χ2n) is 7.20. The topological polar surface area (TPSA) is 67.4 Å². The van der Waals surface area contributed by atoms with Gasteiger partial charge in [-0.05, 0) is 57.4 Å². The molecule has 5 nitrogen and oxygen atoms in total. The molecule has 0 aliphatic carbocycles. The molecule has 1 aromatic carbocycles. The first-order chi connectivity index (χ1) is 11.1. The van der Waals surface area contributed by atoms with E-state index in [-0.39, 0.29) is 24.5 Å². The van der Waals surface area contributed by atoms with Crippen molar-refractivity contribution in [3.8, 4) is 0 Å². The third-order valence-corrected chi connectivity index (χ3v) is 3.64. The molecule has 2 amide bonds. The van der Waals surface area contributed by atoms with Crippen molar-refractivity contribution in [3.05, 3.63) is 28.7 Å². The molecule has 24 heavy (non-hydrogen) atoms. The van der Waals surface area contributed by atoms with Crippen LogP contribution in [0.15, 0.2) is 28.7 Å². The highest BCUT2D eigenvalue weighted by atomic mass is 79.9. The molecule has 0 fully saturated rings. The van der Waals surface area contributed by atoms with Crippen LogP contribution in [0.25, 0.3) is 0 Å². The number of urea groups is 1. The van der Waals surface area contributed by atoms with Crippen molar-refractivity contribution >= 4 is 33.6 Å². The number of nitrogens with one attached hydrogen (secondary N) is 2. The van der Waals surface area contributed by atoms with Gasteiger partial charge in [0, 0.05) is 16.7 Å². The zero-order chi connectivity index (χ0) is 18.3. The number of rotatable bonds is 6. The lowest BCUT2D eigenvalue weighted by Gasteiger charge is -2.25. The number of amides is 2. The molecular weight excluding hydrogens is 372 g/mol. The lowest BCUT2D eigenvalue weighted by Crippen LogP contribution is -2.39. The Hall–Kier alpha value is -1.56. The Morgan fingerprint density at radius 3 is 2.25 bits per heavy atom. The second kappa shape index (κ2) is 9.06. The van der Waals surface area contributed by atoms with Crippen molar-refractivity contribution in [1.29, 1.82) is 0 Å². The van der Waals surface area contributed by atoms with E-state index in [0.29, 0.717) is 18.0 Å². The molecule has 1 rings (SSSR count). The van der Waals surface area contributed by atoms with E-state index < -0.39 is 5.60 Å². The van der Waals surface area contributed by atoms with Gasteiger partial charge in [-0.1, -0.05) is 29.8 Å². The molecule has 1 atom stereocenters. The first-order valence-electron chi connectivity index (χ1n) is 8.10. The van der Waals surface area contributed by atoms with Crippen LogP contribution < -0.4 is 10.6 Å². The highest BCUT2D eigenvalue weighted by Crippen LogP contribution is 2.18. The summed E-state index contributed by atoms with van der Waals surface area (Å²) in [6.45, 7) is 9.84. The Kier molecular flexibility index (Phi) is 7.73. The van der Waals surface area contributed by atoms with E-state index >= 15 is 0 Å². The number of halogens is 1. The maximum absolute atomic E-state index is 12.3. The van der Waals surface area contributed by atoms with Crippen LogP contribution in [-0.4, -0.2) is 24.1 Å². The Labute approximate surface area is 152 Å². The SMILES string of the molecule is CC(C)C[C@H](CNC(=O)Nc1ccc(Br)cc1)C(=O)OC(C)(C)C. The van der Waals surface area contributed by atoms with Crippen LogP contribution in [-0.2, 0) is 9.53 Å².